The average Bonchev–Trinajstić information content (AvgIpc) is 3.28. The fourth-order valence-corrected chi connectivity index (χ4v) is 8.87. The summed E-state index contributed by atoms with van der Waals surface area (Å²) in [6.07, 6.45) is 4.08. The zero-order valence-corrected chi connectivity index (χ0v) is 25.2. The minimum atomic E-state index is -0.575. The molecule has 0 bridgehead atoms. The van der Waals surface area contributed by atoms with Crippen LogP contribution in [-0.4, -0.2) is 55.8 Å². The van der Waals surface area contributed by atoms with Crippen molar-refractivity contribution in [1.29, 1.82) is 0 Å². The fourth-order valence-electron chi connectivity index (χ4n) is 5.17. The van der Waals surface area contributed by atoms with Crippen molar-refractivity contribution in [2.24, 2.45) is 0 Å². The van der Waals surface area contributed by atoms with Crippen molar-refractivity contribution in [2.75, 3.05) is 5.32 Å². The van der Waals surface area contributed by atoms with E-state index in [0.29, 0.717) is 33.4 Å². The second-order valence-corrected chi connectivity index (χ2v) is 15.1. The summed E-state index contributed by atoms with van der Waals surface area (Å²) in [6.45, 7) is 5.48. The number of aromatic nitrogens is 4. The summed E-state index contributed by atoms with van der Waals surface area (Å²) in [5.41, 5.74) is 3.78. The molecule has 9 nitrogen and oxygen atoms in total. The van der Waals surface area contributed by atoms with E-state index in [1.807, 2.05) is 49.4 Å². The first kappa shape index (κ1) is 26.1. The number of rotatable bonds is 6. The maximum atomic E-state index is 13.8. The second kappa shape index (κ2) is 9.77. The molecule has 2 saturated heterocycles. The van der Waals surface area contributed by atoms with Crippen molar-refractivity contribution >= 4 is 50.2 Å². The van der Waals surface area contributed by atoms with E-state index in [-0.39, 0.29) is 52.8 Å². The Bertz CT molecular complexity index is 1660. The molecular weight excluding hydrogens is 675 g/mol. The van der Waals surface area contributed by atoms with Gasteiger partial charge in [0.15, 0.2) is 0 Å². The summed E-state index contributed by atoms with van der Waals surface area (Å²) in [7, 11) is 0. The number of Topliss-reactive ketones (excluding diaryl/α,β-unsaturated/α-hetero) is 1. The number of fused-ring (bicyclic) bond motifs is 2. The molecule has 0 spiro atoms. The van der Waals surface area contributed by atoms with Crippen molar-refractivity contribution in [3.8, 4) is 11.1 Å². The van der Waals surface area contributed by atoms with E-state index in [1.54, 1.807) is 22.0 Å². The molecule has 4 aromatic rings. The van der Waals surface area contributed by atoms with Crippen molar-refractivity contribution in [2.45, 2.75) is 47.2 Å². The number of amides is 2. The topological polar surface area (TPSA) is 110 Å². The number of pyridine rings is 2. The molecule has 0 saturated carbocycles. The van der Waals surface area contributed by atoms with E-state index >= 15 is 0 Å². The number of carbonyl (C=O) groups is 3. The Morgan fingerprint density at radius 2 is 1.90 bits per heavy atom. The van der Waals surface area contributed by atoms with E-state index < -0.39 is 6.04 Å². The van der Waals surface area contributed by atoms with Gasteiger partial charge in [-0.3, -0.25) is 4.98 Å². The standard InChI is InChI=1S/C28H25BrIN6O3/c1-15-4-7-22(29)32-25(15)33-26(39)21-13-28(3)27(30-28)36(21)23(38)14-35-20-6-5-18(17-8-10-31-11-9-17)12-19(20)24(34-35)16(2)37/h4-12,21,27H,13-14H2,1-3H3,(H,32,33,39)/q-1/t21-,27-,28+/m0/s1. The van der Waals surface area contributed by atoms with Gasteiger partial charge in [0.2, 0.25) is 0 Å². The summed E-state index contributed by atoms with van der Waals surface area (Å²) in [5, 5.41) is 8.18. The Kier molecular flexibility index (Phi) is 6.53. The van der Waals surface area contributed by atoms with Gasteiger partial charge < -0.3 is 0 Å². The van der Waals surface area contributed by atoms with E-state index in [1.165, 1.54) is 6.92 Å². The quantitative estimate of drug-likeness (QED) is 0.107. The van der Waals surface area contributed by atoms with Gasteiger partial charge in [0.05, 0.1) is 0 Å². The van der Waals surface area contributed by atoms with Gasteiger partial charge in [-0.2, -0.15) is 0 Å². The number of carbonyl (C=O) groups excluding carboxylic acids is 3. The molecule has 11 heteroatoms. The van der Waals surface area contributed by atoms with Crippen LogP contribution in [0.4, 0.5) is 5.82 Å². The molecule has 0 aliphatic carbocycles. The third-order valence-corrected chi connectivity index (χ3v) is 12.0. The van der Waals surface area contributed by atoms with Gasteiger partial charge in [-0.1, -0.05) is 0 Å². The molecule has 2 aliphatic heterocycles. The average molecular weight is 700 g/mol. The van der Waals surface area contributed by atoms with Crippen LogP contribution in [0.1, 0.15) is 36.3 Å². The Morgan fingerprint density at radius 3 is 2.64 bits per heavy atom. The molecule has 5 heterocycles. The van der Waals surface area contributed by atoms with Gasteiger partial charge in [0.25, 0.3) is 0 Å². The Labute approximate surface area is 243 Å². The zero-order chi connectivity index (χ0) is 27.5. The van der Waals surface area contributed by atoms with Gasteiger partial charge in [-0.15, -0.1) is 0 Å². The second-order valence-electron chi connectivity index (χ2n) is 10.1. The number of alkyl halides is 2. The van der Waals surface area contributed by atoms with Crippen LogP contribution in [0.15, 0.2) is 59.5 Å². The molecule has 200 valence electrons. The first-order valence-electron chi connectivity index (χ1n) is 12.5. The summed E-state index contributed by atoms with van der Waals surface area (Å²) in [4.78, 5) is 49.9. The number of likely N-dealkylation sites (tertiary alicyclic amines) is 1. The molecular formula is C28H25BrIN6O3-. The van der Waals surface area contributed by atoms with Crippen LogP contribution < -0.4 is 26.5 Å². The van der Waals surface area contributed by atoms with E-state index in [2.05, 4.69) is 43.2 Å². The van der Waals surface area contributed by atoms with Crippen LogP contribution in [0.3, 0.4) is 0 Å². The number of ketones is 1. The van der Waals surface area contributed by atoms with Gasteiger partial charge in [-0.25, -0.2) is 0 Å². The molecule has 2 fully saturated rings. The van der Waals surface area contributed by atoms with Crippen molar-refractivity contribution in [3.05, 3.63) is 70.7 Å². The number of halogens is 2. The normalized spacial score (nSPS) is 21.8. The Balaban J connectivity index is 1.29. The molecule has 39 heavy (non-hydrogen) atoms. The molecule has 0 radical (unpaired) electrons. The molecule has 3 atom stereocenters. The number of aryl methyl sites for hydroxylation is 1. The summed E-state index contributed by atoms with van der Waals surface area (Å²) < 4.78 is 2.37. The third kappa shape index (κ3) is 4.75. The summed E-state index contributed by atoms with van der Waals surface area (Å²) in [6, 6.07) is 12.7. The van der Waals surface area contributed by atoms with Crippen LogP contribution in [0.2, 0.25) is 0 Å². The van der Waals surface area contributed by atoms with E-state index in [0.717, 1.165) is 16.7 Å². The third-order valence-electron chi connectivity index (χ3n) is 7.25. The maximum absolute atomic E-state index is 13.8. The number of hydrogen-bond acceptors (Lipinski definition) is 6. The molecule has 1 N–H and O–H groups in total. The Hall–Kier alpha value is -3.19. The van der Waals surface area contributed by atoms with Crippen molar-refractivity contribution in [3.63, 3.8) is 0 Å². The van der Waals surface area contributed by atoms with Crippen molar-refractivity contribution in [1.82, 2.24) is 24.6 Å². The predicted octanol–water partition coefficient (Wildman–Crippen LogP) is 1.19. The SMILES string of the molecule is CC(=O)c1nn(CC(=O)N2[C@H](C(=O)Nc3nc(Br)ccc3C)C[C@@]3(C)[I-][C@@H]23)c2ccc(-c3ccncc3)cc12. The molecule has 0 unspecified atom stereocenters. The van der Waals surface area contributed by atoms with Crippen LogP contribution >= 0.6 is 15.9 Å². The number of nitrogens with zero attached hydrogens (tertiary/aromatic N) is 5. The number of hydrogen-bond donors (Lipinski definition) is 1. The number of anilines is 1. The van der Waals surface area contributed by atoms with Gasteiger partial charge in [0.1, 0.15) is 0 Å². The number of benzene rings is 1. The minimum absolute atomic E-state index is 0.0342. The molecule has 2 amide bonds. The molecule has 3 aromatic heterocycles. The monoisotopic (exact) mass is 699 g/mol. The zero-order valence-electron chi connectivity index (χ0n) is 21.5. The van der Waals surface area contributed by atoms with Gasteiger partial charge in [0, 0.05) is 0 Å². The van der Waals surface area contributed by atoms with E-state index in [9.17, 15) is 14.4 Å². The molecule has 2 aliphatic rings. The fraction of sp³-hybridized carbons (Fsp3) is 0.286. The van der Waals surface area contributed by atoms with Crippen LogP contribution in [0.25, 0.3) is 22.0 Å². The van der Waals surface area contributed by atoms with Crippen LogP contribution in [0, 0.1) is 6.92 Å². The summed E-state index contributed by atoms with van der Waals surface area (Å²) in [5.74, 6) is -0.0886. The van der Waals surface area contributed by atoms with Gasteiger partial charge >= 0.3 is 240 Å². The Morgan fingerprint density at radius 1 is 1.13 bits per heavy atom. The van der Waals surface area contributed by atoms with Gasteiger partial charge in [-0.05, 0) is 0 Å². The summed E-state index contributed by atoms with van der Waals surface area (Å²) >= 11 is 3.14. The molecule has 6 rings (SSSR count). The van der Waals surface area contributed by atoms with Crippen LogP contribution in [-0.2, 0) is 16.1 Å². The first-order valence-corrected chi connectivity index (χ1v) is 15.6. The van der Waals surface area contributed by atoms with Crippen molar-refractivity contribution < 1.29 is 35.6 Å². The first-order chi connectivity index (χ1) is 18.6. The predicted molar refractivity (Wildman–Crippen MR) is 146 cm³/mol. The molecule has 1 aromatic carbocycles. The van der Waals surface area contributed by atoms with E-state index in [4.69, 9.17) is 0 Å². The number of nitrogens with one attached hydrogen (secondary N) is 1. The van der Waals surface area contributed by atoms with Crippen LogP contribution in [0.5, 0.6) is 0 Å².